The zero-order chi connectivity index (χ0) is 10.7. The smallest absolute Gasteiger partial charge is 0.348 e. The Kier molecular flexibility index (Phi) is 3.65. The molecule has 0 saturated carbocycles. The van der Waals surface area contributed by atoms with Crippen LogP contribution in [-0.2, 0) is 11.0 Å². The first-order valence-electron chi connectivity index (χ1n) is 4.00. The van der Waals surface area contributed by atoms with Crippen molar-refractivity contribution in [2.45, 2.75) is 19.1 Å². The zero-order valence-electron chi connectivity index (χ0n) is 7.81. The standard InChI is InChI=1S/C8H11NO3S2/c1-5(2)14(12)9-6-3-4-13-7(6)8(10)11/h3-5,9H,1-2H3,(H,10,11). The summed E-state index contributed by atoms with van der Waals surface area (Å²) in [7, 11) is -1.23. The fourth-order valence-corrected chi connectivity index (χ4v) is 2.16. The minimum Gasteiger partial charge on any atom is -0.477 e. The molecule has 0 spiro atoms. The molecule has 0 aliphatic rings. The normalized spacial score (nSPS) is 12.8. The lowest BCUT2D eigenvalue weighted by Crippen LogP contribution is -2.15. The van der Waals surface area contributed by atoms with Crippen LogP contribution >= 0.6 is 11.3 Å². The van der Waals surface area contributed by atoms with E-state index in [1.165, 1.54) is 0 Å². The molecule has 0 fully saturated rings. The third-order valence-electron chi connectivity index (χ3n) is 1.50. The molecule has 1 aromatic heterocycles. The van der Waals surface area contributed by atoms with Crippen LogP contribution in [0.15, 0.2) is 11.4 Å². The van der Waals surface area contributed by atoms with E-state index in [9.17, 15) is 9.00 Å². The minimum atomic E-state index is -1.23. The molecule has 6 heteroatoms. The molecule has 1 heterocycles. The van der Waals surface area contributed by atoms with Crippen LogP contribution in [0.25, 0.3) is 0 Å². The van der Waals surface area contributed by atoms with E-state index in [0.717, 1.165) is 11.3 Å². The maximum Gasteiger partial charge on any atom is 0.348 e. The molecule has 0 radical (unpaired) electrons. The van der Waals surface area contributed by atoms with Crippen molar-refractivity contribution in [2.24, 2.45) is 0 Å². The molecule has 78 valence electrons. The summed E-state index contributed by atoms with van der Waals surface area (Å²) in [5.74, 6) is -0.997. The van der Waals surface area contributed by atoms with Gasteiger partial charge < -0.3 is 9.83 Å². The second kappa shape index (κ2) is 4.56. The predicted molar refractivity (Wildman–Crippen MR) is 58.2 cm³/mol. The number of aromatic carboxylic acids is 1. The van der Waals surface area contributed by atoms with Gasteiger partial charge in [0.05, 0.1) is 5.69 Å². The molecule has 0 aromatic carbocycles. The van der Waals surface area contributed by atoms with Crippen molar-refractivity contribution < 1.29 is 14.1 Å². The van der Waals surface area contributed by atoms with Crippen molar-refractivity contribution >= 4 is 34.0 Å². The Hall–Kier alpha value is -0.880. The summed E-state index contributed by atoms with van der Waals surface area (Å²) in [5.41, 5.74) is 0.425. The molecule has 0 aliphatic carbocycles. The fraction of sp³-hybridized carbons (Fsp3) is 0.375. The molecule has 0 aliphatic heterocycles. The van der Waals surface area contributed by atoms with Crippen LogP contribution in [0.4, 0.5) is 5.69 Å². The molecular formula is C8H11NO3S2. The summed E-state index contributed by atoms with van der Waals surface area (Å²) in [5, 5.41) is 10.4. The number of rotatable bonds is 4. The summed E-state index contributed by atoms with van der Waals surface area (Å²) in [6.45, 7) is 3.60. The van der Waals surface area contributed by atoms with Gasteiger partial charge in [-0.2, -0.15) is 0 Å². The highest BCUT2D eigenvalue weighted by atomic mass is 32.2. The highest BCUT2D eigenvalue weighted by Crippen LogP contribution is 2.22. The lowest BCUT2D eigenvalue weighted by atomic mass is 10.4. The van der Waals surface area contributed by atoms with Gasteiger partial charge in [0, 0.05) is 5.25 Å². The molecule has 4 nitrogen and oxygen atoms in total. The second-order valence-corrected chi connectivity index (χ2v) is 5.57. The van der Waals surface area contributed by atoms with Gasteiger partial charge in [0.1, 0.15) is 15.9 Å². The Bertz CT molecular complexity index is 359. The topological polar surface area (TPSA) is 66.4 Å². The molecule has 0 bridgehead atoms. The lowest BCUT2D eigenvalue weighted by molar-refractivity contribution is 0.0703. The minimum absolute atomic E-state index is 0.0449. The van der Waals surface area contributed by atoms with E-state index < -0.39 is 17.0 Å². The lowest BCUT2D eigenvalue weighted by Gasteiger charge is -2.07. The van der Waals surface area contributed by atoms with Crippen molar-refractivity contribution in [3.05, 3.63) is 16.3 Å². The van der Waals surface area contributed by atoms with Crippen LogP contribution < -0.4 is 4.72 Å². The Labute approximate surface area is 88.5 Å². The number of hydrogen-bond acceptors (Lipinski definition) is 3. The van der Waals surface area contributed by atoms with Gasteiger partial charge in [0.2, 0.25) is 0 Å². The first-order valence-corrected chi connectivity index (χ1v) is 6.09. The number of hydrogen-bond donors (Lipinski definition) is 2. The van der Waals surface area contributed by atoms with Crippen LogP contribution in [0.3, 0.4) is 0 Å². The molecular weight excluding hydrogens is 222 g/mol. The summed E-state index contributed by atoms with van der Waals surface area (Å²) in [6, 6.07) is 1.62. The molecule has 14 heavy (non-hydrogen) atoms. The molecule has 1 rings (SSSR count). The van der Waals surface area contributed by atoms with Crippen molar-refractivity contribution in [3.63, 3.8) is 0 Å². The largest absolute Gasteiger partial charge is 0.477 e. The van der Waals surface area contributed by atoms with Crippen LogP contribution in [0.5, 0.6) is 0 Å². The molecule has 0 amide bonds. The highest BCUT2D eigenvalue weighted by molar-refractivity contribution is 7.86. The van der Waals surface area contributed by atoms with Crippen molar-refractivity contribution in [1.29, 1.82) is 0 Å². The van der Waals surface area contributed by atoms with E-state index in [2.05, 4.69) is 4.72 Å². The fourth-order valence-electron chi connectivity index (χ4n) is 0.781. The van der Waals surface area contributed by atoms with E-state index in [-0.39, 0.29) is 10.1 Å². The maximum absolute atomic E-state index is 11.4. The SMILES string of the molecule is CC(C)S(=O)Nc1ccsc1C(=O)O. The Balaban J connectivity index is 2.82. The molecule has 1 aromatic rings. The quantitative estimate of drug-likeness (QED) is 0.835. The first kappa shape index (κ1) is 11.2. The van der Waals surface area contributed by atoms with Crippen LogP contribution in [0.1, 0.15) is 23.5 Å². The second-order valence-electron chi connectivity index (χ2n) is 2.92. The van der Waals surface area contributed by atoms with Crippen molar-refractivity contribution in [1.82, 2.24) is 0 Å². The molecule has 1 unspecified atom stereocenters. The summed E-state index contributed by atoms with van der Waals surface area (Å²) in [4.78, 5) is 10.9. The van der Waals surface area contributed by atoms with E-state index >= 15 is 0 Å². The van der Waals surface area contributed by atoms with Crippen LogP contribution in [0.2, 0.25) is 0 Å². The number of anilines is 1. The predicted octanol–water partition coefficient (Wildman–Crippen LogP) is 1.93. The van der Waals surface area contributed by atoms with Crippen LogP contribution in [0, 0.1) is 0 Å². The van der Waals surface area contributed by atoms with Gasteiger partial charge >= 0.3 is 5.97 Å². The molecule has 0 saturated heterocycles. The number of carboxylic acid groups (broad SMARTS) is 1. The Morgan fingerprint density at radius 1 is 1.64 bits per heavy atom. The van der Waals surface area contributed by atoms with Crippen LogP contribution in [-0.4, -0.2) is 20.5 Å². The van der Waals surface area contributed by atoms with Crippen molar-refractivity contribution in [3.8, 4) is 0 Å². The maximum atomic E-state index is 11.4. The van der Waals surface area contributed by atoms with Gasteiger partial charge in [-0.05, 0) is 25.3 Å². The van der Waals surface area contributed by atoms with E-state index in [1.54, 1.807) is 25.3 Å². The van der Waals surface area contributed by atoms with Crippen molar-refractivity contribution in [2.75, 3.05) is 4.72 Å². The summed E-state index contributed by atoms with van der Waals surface area (Å²) >= 11 is 1.11. The monoisotopic (exact) mass is 233 g/mol. The summed E-state index contributed by atoms with van der Waals surface area (Å²) in [6.07, 6.45) is 0. The van der Waals surface area contributed by atoms with E-state index in [1.807, 2.05) is 0 Å². The van der Waals surface area contributed by atoms with E-state index in [0.29, 0.717) is 5.69 Å². The molecule has 1 atom stereocenters. The third kappa shape index (κ3) is 2.55. The number of carboxylic acids is 1. The van der Waals surface area contributed by atoms with Gasteiger partial charge in [-0.25, -0.2) is 9.00 Å². The Morgan fingerprint density at radius 3 is 2.79 bits per heavy atom. The summed E-state index contributed by atoms with van der Waals surface area (Å²) < 4.78 is 14.1. The van der Waals surface area contributed by atoms with Gasteiger partial charge in [-0.1, -0.05) is 0 Å². The molecule has 2 N–H and O–H groups in total. The highest BCUT2D eigenvalue weighted by Gasteiger charge is 2.14. The van der Waals surface area contributed by atoms with Gasteiger partial charge in [0.15, 0.2) is 0 Å². The average Bonchev–Trinajstić information content (AvgIpc) is 2.52. The van der Waals surface area contributed by atoms with E-state index in [4.69, 9.17) is 5.11 Å². The average molecular weight is 233 g/mol. The van der Waals surface area contributed by atoms with Gasteiger partial charge in [-0.3, -0.25) is 0 Å². The number of carbonyl (C=O) groups is 1. The number of thiophene rings is 1. The van der Waals surface area contributed by atoms with Gasteiger partial charge in [-0.15, -0.1) is 11.3 Å². The Morgan fingerprint density at radius 2 is 2.29 bits per heavy atom. The number of nitrogens with one attached hydrogen (secondary N) is 1. The van der Waals surface area contributed by atoms with Gasteiger partial charge in [0.25, 0.3) is 0 Å². The third-order valence-corrected chi connectivity index (χ3v) is 3.68. The first-order chi connectivity index (χ1) is 6.52. The zero-order valence-corrected chi connectivity index (χ0v) is 9.45.